The van der Waals surface area contributed by atoms with Crippen LogP contribution in [0, 0.1) is 0 Å². The Balaban J connectivity index is 1.89. The first-order valence-electron chi connectivity index (χ1n) is 7.34. The molecule has 23 heavy (non-hydrogen) atoms. The van der Waals surface area contributed by atoms with Crippen LogP contribution in [0.3, 0.4) is 0 Å². The van der Waals surface area contributed by atoms with Gasteiger partial charge in [0.2, 0.25) is 5.91 Å². The van der Waals surface area contributed by atoms with Gasteiger partial charge in [-0.15, -0.1) is 11.3 Å². The molecule has 0 bridgehead atoms. The first kappa shape index (κ1) is 17.8. The molecule has 0 saturated carbocycles. The van der Waals surface area contributed by atoms with Gasteiger partial charge >= 0.3 is 0 Å². The fourth-order valence-corrected chi connectivity index (χ4v) is 3.29. The lowest BCUT2D eigenvalue weighted by molar-refractivity contribution is -0.122. The highest BCUT2D eigenvalue weighted by atomic mass is 35.5. The summed E-state index contributed by atoms with van der Waals surface area (Å²) in [4.78, 5) is 15.4. The van der Waals surface area contributed by atoms with Crippen LogP contribution in [0.4, 0.5) is 0 Å². The number of halogens is 1. The summed E-state index contributed by atoms with van der Waals surface area (Å²) in [5.41, 5.74) is 0.863. The smallest absolute Gasteiger partial charge is 0.234 e. The molecule has 1 amide bonds. The maximum Gasteiger partial charge on any atom is 0.234 e. The number of ether oxygens (including phenoxy) is 1. The molecule has 0 aliphatic rings. The van der Waals surface area contributed by atoms with Crippen LogP contribution in [0.25, 0.3) is 0 Å². The van der Waals surface area contributed by atoms with Crippen LogP contribution in [0.5, 0.6) is 5.75 Å². The third-order valence-corrected chi connectivity index (χ3v) is 5.01. The van der Waals surface area contributed by atoms with Gasteiger partial charge in [-0.3, -0.25) is 9.69 Å². The highest BCUT2D eigenvalue weighted by molar-refractivity contribution is 7.10. The largest absolute Gasteiger partial charge is 0.496 e. The molecule has 1 aromatic heterocycles. The van der Waals surface area contributed by atoms with Crippen molar-refractivity contribution in [2.45, 2.75) is 19.5 Å². The summed E-state index contributed by atoms with van der Waals surface area (Å²) in [6, 6.07) is 9.69. The highest BCUT2D eigenvalue weighted by Crippen LogP contribution is 2.24. The fourth-order valence-electron chi connectivity index (χ4n) is 2.24. The lowest BCUT2D eigenvalue weighted by atomic mass is 10.2. The van der Waals surface area contributed by atoms with Gasteiger partial charge in [-0.25, -0.2) is 0 Å². The summed E-state index contributed by atoms with van der Waals surface area (Å²) in [7, 11) is 3.55. The van der Waals surface area contributed by atoms with E-state index in [2.05, 4.69) is 18.3 Å². The van der Waals surface area contributed by atoms with E-state index in [1.54, 1.807) is 36.6 Å². The lowest BCUT2D eigenvalue weighted by Crippen LogP contribution is -2.36. The Morgan fingerprint density at radius 3 is 2.87 bits per heavy atom. The number of amides is 1. The Morgan fingerprint density at radius 1 is 1.43 bits per heavy atom. The maximum atomic E-state index is 12.2. The van der Waals surface area contributed by atoms with Crippen LogP contribution in [0.2, 0.25) is 5.02 Å². The Kier molecular flexibility index (Phi) is 6.45. The number of methoxy groups -OCH3 is 1. The molecule has 4 nitrogen and oxygen atoms in total. The van der Waals surface area contributed by atoms with Gasteiger partial charge in [0.25, 0.3) is 0 Å². The minimum absolute atomic E-state index is 0.0297. The Bertz CT molecular complexity index is 646. The van der Waals surface area contributed by atoms with Crippen molar-refractivity contribution in [1.82, 2.24) is 10.2 Å². The molecule has 1 heterocycles. The van der Waals surface area contributed by atoms with Crippen molar-refractivity contribution in [3.05, 3.63) is 51.2 Å². The monoisotopic (exact) mass is 352 g/mol. The van der Waals surface area contributed by atoms with Gasteiger partial charge in [0.05, 0.1) is 13.7 Å². The van der Waals surface area contributed by atoms with E-state index in [-0.39, 0.29) is 11.9 Å². The van der Waals surface area contributed by atoms with Crippen LogP contribution in [-0.2, 0) is 11.3 Å². The first-order chi connectivity index (χ1) is 11.0. The van der Waals surface area contributed by atoms with E-state index in [0.29, 0.717) is 18.1 Å². The van der Waals surface area contributed by atoms with E-state index in [1.807, 2.05) is 23.4 Å². The summed E-state index contributed by atoms with van der Waals surface area (Å²) in [6.07, 6.45) is 0. The molecule has 0 aliphatic heterocycles. The Labute approximate surface area is 146 Å². The maximum absolute atomic E-state index is 12.2. The molecular weight excluding hydrogens is 332 g/mol. The van der Waals surface area contributed by atoms with Gasteiger partial charge in [0.1, 0.15) is 5.75 Å². The van der Waals surface area contributed by atoms with Gasteiger partial charge in [-0.1, -0.05) is 17.7 Å². The lowest BCUT2D eigenvalue weighted by Gasteiger charge is -2.23. The average Bonchev–Trinajstić information content (AvgIpc) is 3.06. The normalized spacial score (nSPS) is 12.2. The topological polar surface area (TPSA) is 41.6 Å². The van der Waals surface area contributed by atoms with Crippen LogP contribution >= 0.6 is 22.9 Å². The minimum Gasteiger partial charge on any atom is -0.496 e. The van der Waals surface area contributed by atoms with E-state index >= 15 is 0 Å². The molecule has 2 aromatic rings. The molecule has 6 heteroatoms. The van der Waals surface area contributed by atoms with Gasteiger partial charge in [0.15, 0.2) is 0 Å². The van der Waals surface area contributed by atoms with Crippen molar-refractivity contribution in [3.63, 3.8) is 0 Å². The molecule has 0 spiro atoms. The second-order valence-electron chi connectivity index (χ2n) is 5.34. The van der Waals surface area contributed by atoms with Gasteiger partial charge < -0.3 is 10.1 Å². The summed E-state index contributed by atoms with van der Waals surface area (Å²) in [5, 5.41) is 5.59. The fraction of sp³-hybridized carbons (Fsp3) is 0.353. The quantitative estimate of drug-likeness (QED) is 0.825. The Morgan fingerprint density at radius 2 is 2.22 bits per heavy atom. The molecule has 0 saturated heterocycles. The molecular formula is C17H21ClN2O2S. The second kappa shape index (κ2) is 8.34. The van der Waals surface area contributed by atoms with E-state index in [4.69, 9.17) is 16.3 Å². The zero-order valence-electron chi connectivity index (χ0n) is 13.5. The number of rotatable bonds is 7. The van der Waals surface area contributed by atoms with Gasteiger partial charge in [0, 0.05) is 28.0 Å². The third kappa shape index (κ3) is 4.96. The van der Waals surface area contributed by atoms with Gasteiger partial charge in [-0.2, -0.15) is 0 Å². The number of thiophene rings is 1. The van der Waals surface area contributed by atoms with Crippen molar-refractivity contribution < 1.29 is 9.53 Å². The number of nitrogens with zero attached hydrogens (tertiary/aromatic N) is 1. The predicted octanol–water partition coefficient (Wildman–Crippen LogP) is 3.72. The predicted molar refractivity (Wildman–Crippen MR) is 95.2 cm³/mol. The van der Waals surface area contributed by atoms with E-state index in [0.717, 1.165) is 11.3 Å². The molecule has 1 aromatic carbocycles. The van der Waals surface area contributed by atoms with E-state index in [1.165, 1.54) is 4.88 Å². The van der Waals surface area contributed by atoms with Crippen LogP contribution in [0.1, 0.15) is 23.4 Å². The first-order valence-corrected chi connectivity index (χ1v) is 8.59. The second-order valence-corrected chi connectivity index (χ2v) is 6.76. The number of hydrogen-bond donors (Lipinski definition) is 1. The number of nitrogens with one attached hydrogen (secondary N) is 1. The van der Waals surface area contributed by atoms with Crippen LogP contribution < -0.4 is 10.1 Å². The van der Waals surface area contributed by atoms with Crippen LogP contribution in [0.15, 0.2) is 35.7 Å². The number of hydrogen-bond acceptors (Lipinski definition) is 4. The highest BCUT2D eigenvalue weighted by Gasteiger charge is 2.15. The Hall–Kier alpha value is -1.56. The molecule has 0 aliphatic carbocycles. The van der Waals surface area contributed by atoms with Crippen molar-refractivity contribution in [2.24, 2.45) is 0 Å². The van der Waals surface area contributed by atoms with Gasteiger partial charge in [-0.05, 0) is 43.6 Å². The molecule has 1 N–H and O–H groups in total. The number of likely N-dealkylation sites (N-methyl/N-ethyl adjacent to an activating group) is 1. The summed E-state index contributed by atoms with van der Waals surface area (Å²) in [5.74, 6) is 0.688. The van der Waals surface area contributed by atoms with E-state index < -0.39 is 0 Å². The summed E-state index contributed by atoms with van der Waals surface area (Å²) in [6.45, 7) is 2.82. The zero-order chi connectivity index (χ0) is 16.8. The molecule has 1 unspecified atom stereocenters. The summed E-state index contributed by atoms with van der Waals surface area (Å²) < 4.78 is 5.28. The van der Waals surface area contributed by atoms with Crippen molar-refractivity contribution >= 4 is 28.8 Å². The molecule has 0 radical (unpaired) electrons. The standard InChI is InChI=1S/C17H21ClN2O2S/c1-12(16-5-4-8-23-16)20(2)11-17(21)19-10-13-9-14(18)6-7-15(13)22-3/h4-9,12H,10-11H2,1-3H3,(H,19,21). The number of benzene rings is 1. The van der Waals surface area contributed by atoms with Crippen molar-refractivity contribution in [2.75, 3.05) is 20.7 Å². The third-order valence-electron chi connectivity index (χ3n) is 3.73. The van der Waals surface area contributed by atoms with Crippen molar-refractivity contribution in [1.29, 1.82) is 0 Å². The van der Waals surface area contributed by atoms with E-state index in [9.17, 15) is 4.79 Å². The van der Waals surface area contributed by atoms with Crippen molar-refractivity contribution in [3.8, 4) is 5.75 Å². The van der Waals surface area contributed by atoms with Crippen LogP contribution in [-0.4, -0.2) is 31.5 Å². The molecule has 124 valence electrons. The number of carbonyl (C=O) groups is 1. The molecule has 1 atom stereocenters. The minimum atomic E-state index is -0.0297. The SMILES string of the molecule is COc1ccc(Cl)cc1CNC(=O)CN(C)C(C)c1cccs1. The number of carbonyl (C=O) groups excluding carboxylic acids is 1. The average molecular weight is 353 g/mol. The summed E-state index contributed by atoms with van der Waals surface area (Å²) >= 11 is 7.70. The molecule has 0 fully saturated rings. The molecule has 2 rings (SSSR count). The zero-order valence-corrected chi connectivity index (χ0v) is 15.1.